The lowest BCUT2D eigenvalue weighted by Gasteiger charge is -2.54. The molecule has 2 aliphatic heterocycles. The molecule has 0 unspecified atom stereocenters. The highest BCUT2D eigenvalue weighted by atomic mass is 19.1. The minimum absolute atomic E-state index is 0.00102. The fourth-order valence-corrected chi connectivity index (χ4v) is 4.79. The summed E-state index contributed by atoms with van der Waals surface area (Å²) in [5, 5.41) is 6.01. The second-order valence-electron chi connectivity index (χ2n) is 9.58. The number of halogens is 1. The molecule has 8 nitrogen and oxygen atoms in total. The number of fused-ring (bicyclic) bond motifs is 1. The molecule has 2 saturated heterocycles. The molecule has 2 heterocycles. The Hall–Kier alpha value is -3.46. The van der Waals surface area contributed by atoms with Crippen LogP contribution in [0.2, 0.25) is 0 Å². The fourth-order valence-electron chi connectivity index (χ4n) is 4.79. The Labute approximate surface area is 205 Å². The van der Waals surface area contributed by atoms with Gasteiger partial charge in [0, 0.05) is 20.1 Å². The number of hydrogen-bond acceptors (Lipinski definition) is 4. The van der Waals surface area contributed by atoms with Gasteiger partial charge in [0.15, 0.2) is 0 Å². The molecule has 186 valence electrons. The normalized spacial score (nSPS) is 20.9. The molecule has 9 heteroatoms. The molecule has 0 bridgehead atoms. The van der Waals surface area contributed by atoms with E-state index in [1.165, 1.54) is 17.1 Å². The minimum Gasteiger partial charge on any atom is -0.333 e. The van der Waals surface area contributed by atoms with Crippen LogP contribution in [0.5, 0.6) is 0 Å². The van der Waals surface area contributed by atoms with Gasteiger partial charge < -0.3 is 15.1 Å². The largest absolute Gasteiger partial charge is 0.334 e. The van der Waals surface area contributed by atoms with E-state index >= 15 is 0 Å². The van der Waals surface area contributed by atoms with Crippen molar-refractivity contribution in [1.82, 2.24) is 25.1 Å². The Balaban J connectivity index is 1.59. The summed E-state index contributed by atoms with van der Waals surface area (Å²) >= 11 is 0. The van der Waals surface area contributed by atoms with E-state index in [1.54, 1.807) is 34.0 Å². The predicted molar refractivity (Wildman–Crippen MR) is 129 cm³/mol. The Morgan fingerprint density at radius 2 is 1.74 bits per heavy atom. The number of carbonyl (C=O) groups excluding carboxylic acids is 3. The third-order valence-electron chi connectivity index (χ3n) is 6.42. The smallest absolute Gasteiger partial charge is 0.333 e. The summed E-state index contributed by atoms with van der Waals surface area (Å²) in [5.41, 5.74) is 1.75. The molecule has 2 aliphatic rings. The molecule has 0 spiro atoms. The first-order valence-electron chi connectivity index (χ1n) is 11.9. The second kappa shape index (κ2) is 10.4. The van der Waals surface area contributed by atoms with Gasteiger partial charge in [0.25, 0.3) is 0 Å². The summed E-state index contributed by atoms with van der Waals surface area (Å²) in [6, 6.07) is 14.6. The number of hydrogen-bond donors (Lipinski definition) is 1. The number of piperazine rings is 1. The number of likely N-dealkylation sites (N-methyl/N-ethyl adjacent to an activating group) is 1. The van der Waals surface area contributed by atoms with Gasteiger partial charge >= 0.3 is 6.03 Å². The van der Waals surface area contributed by atoms with Crippen LogP contribution in [0.15, 0.2) is 54.6 Å². The van der Waals surface area contributed by atoms with E-state index in [9.17, 15) is 18.8 Å². The summed E-state index contributed by atoms with van der Waals surface area (Å²) in [6.07, 6.45) is -0.110. The van der Waals surface area contributed by atoms with Crippen LogP contribution in [-0.4, -0.2) is 70.0 Å². The highest BCUT2D eigenvalue weighted by Gasteiger charge is 2.50. The zero-order valence-corrected chi connectivity index (χ0v) is 20.4. The lowest BCUT2D eigenvalue weighted by atomic mass is 9.96. The van der Waals surface area contributed by atoms with Crippen molar-refractivity contribution in [2.45, 2.75) is 45.6 Å². The van der Waals surface area contributed by atoms with Crippen molar-refractivity contribution < 1.29 is 18.8 Å². The topological polar surface area (TPSA) is 76.2 Å². The lowest BCUT2D eigenvalue weighted by Crippen LogP contribution is -2.75. The maximum absolute atomic E-state index is 13.5. The fraction of sp³-hybridized carbons (Fsp3) is 0.423. The minimum atomic E-state index is -0.633. The van der Waals surface area contributed by atoms with Crippen molar-refractivity contribution in [1.29, 1.82) is 0 Å². The first-order valence-corrected chi connectivity index (χ1v) is 11.9. The van der Waals surface area contributed by atoms with Crippen LogP contribution in [0, 0.1) is 11.7 Å². The predicted octanol–water partition coefficient (Wildman–Crippen LogP) is 2.81. The molecule has 2 atom stereocenters. The molecular formula is C26H32FN5O3. The van der Waals surface area contributed by atoms with Crippen molar-refractivity contribution in [2.24, 2.45) is 5.92 Å². The molecule has 0 radical (unpaired) electrons. The Morgan fingerprint density at radius 3 is 2.40 bits per heavy atom. The van der Waals surface area contributed by atoms with Gasteiger partial charge in [-0.1, -0.05) is 56.3 Å². The van der Waals surface area contributed by atoms with Crippen LogP contribution in [-0.2, 0) is 22.7 Å². The van der Waals surface area contributed by atoms with E-state index in [2.05, 4.69) is 5.32 Å². The van der Waals surface area contributed by atoms with Gasteiger partial charge in [0.2, 0.25) is 11.8 Å². The van der Waals surface area contributed by atoms with Gasteiger partial charge in [-0.2, -0.15) is 0 Å². The quantitative estimate of drug-likeness (QED) is 0.689. The summed E-state index contributed by atoms with van der Waals surface area (Å²) in [7, 11) is 1.70. The van der Waals surface area contributed by atoms with Gasteiger partial charge in [0.1, 0.15) is 18.0 Å². The highest BCUT2D eigenvalue weighted by molar-refractivity contribution is 5.91. The maximum atomic E-state index is 13.5. The molecular weight excluding hydrogens is 449 g/mol. The van der Waals surface area contributed by atoms with Gasteiger partial charge in [-0.3, -0.25) is 9.59 Å². The molecule has 35 heavy (non-hydrogen) atoms. The van der Waals surface area contributed by atoms with Crippen LogP contribution in [0.3, 0.4) is 0 Å². The molecule has 4 rings (SSSR count). The van der Waals surface area contributed by atoms with E-state index < -0.39 is 12.2 Å². The molecule has 0 aliphatic carbocycles. The van der Waals surface area contributed by atoms with Crippen molar-refractivity contribution in [2.75, 3.05) is 20.1 Å². The van der Waals surface area contributed by atoms with Crippen LogP contribution < -0.4 is 5.32 Å². The lowest BCUT2D eigenvalue weighted by molar-refractivity contribution is -0.188. The average Bonchev–Trinajstić information content (AvgIpc) is 2.81. The van der Waals surface area contributed by atoms with Crippen molar-refractivity contribution >= 4 is 17.8 Å². The number of amides is 4. The summed E-state index contributed by atoms with van der Waals surface area (Å²) < 4.78 is 13.2. The molecule has 4 amide bonds. The number of carbonyl (C=O) groups is 3. The number of nitrogens with one attached hydrogen (secondary N) is 1. The third kappa shape index (κ3) is 5.45. The maximum Gasteiger partial charge on any atom is 0.334 e. The Bertz CT molecular complexity index is 1060. The average molecular weight is 482 g/mol. The standard InChI is InChI=1S/C26H32FN5O3/c1-18(2)13-22-25(34)30(15-20-7-5-4-6-8-20)16-23-31(22)24(33)17-29(3)32(23)26(35)28-14-19-9-11-21(27)12-10-19/h4-12,18,22-23H,13-17H2,1-3H3,(H,28,35)/t22-,23-/m0/s1. The van der Waals surface area contributed by atoms with Crippen LogP contribution >= 0.6 is 0 Å². The van der Waals surface area contributed by atoms with Gasteiger partial charge in [-0.25, -0.2) is 19.2 Å². The number of benzene rings is 2. The molecule has 2 aromatic carbocycles. The van der Waals surface area contributed by atoms with E-state index in [0.717, 1.165) is 11.1 Å². The number of urea groups is 1. The molecule has 2 aromatic rings. The summed E-state index contributed by atoms with van der Waals surface area (Å²) in [6.45, 7) is 4.87. The third-order valence-corrected chi connectivity index (χ3v) is 6.42. The highest BCUT2D eigenvalue weighted by Crippen LogP contribution is 2.29. The van der Waals surface area contributed by atoms with E-state index in [-0.39, 0.29) is 49.2 Å². The van der Waals surface area contributed by atoms with Crippen molar-refractivity contribution in [3.05, 3.63) is 71.5 Å². The van der Waals surface area contributed by atoms with Crippen molar-refractivity contribution in [3.63, 3.8) is 0 Å². The van der Waals surface area contributed by atoms with Gasteiger partial charge in [-0.15, -0.1) is 0 Å². The summed E-state index contributed by atoms with van der Waals surface area (Å²) in [4.78, 5) is 43.4. The monoisotopic (exact) mass is 481 g/mol. The van der Waals surface area contributed by atoms with Gasteiger partial charge in [0.05, 0.1) is 13.1 Å². The SMILES string of the molecule is CC(C)C[C@H]1C(=O)N(Cc2ccccc2)C[C@H]2N1C(=O)CN(C)N2C(=O)NCc1ccc(F)cc1. The van der Waals surface area contributed by atoms with Crippen LogP contribution in [0.4, 0.5) is 9.18 Å². The molecule has 2 fully saturated rings. The first kappa shape index (κ1) is 24.7. The van der Waals surface area contributed by atoms with Crippen LogP contribution in [0.25, 0.3) is 0 Å². The number of rotatable bonds is 6. The molecule has 0 saturated carbocycles. The van der Waals surface area contributed by atoms with E-state index in [0.29, 0.717) is 13.0 Å². The van der Waals surface area contributed by atoms with Crippen molar-refractivity contribution in [3.8, 4) is 0 Å². The van der Waals surface area contributed by atoms with E-state index in [1.807, 2.05) is 44.2 Å². The number of hydrazine groups is 1. The zero-order valence-electron chi connectivity index (χ0n) is 20.4. The Morgan fingerprint density at radius 1 is 1.06 bits per heavy atom. The second-order valence-corrected chi connectivity index (χ2v) is 9.58. The zero-order chi connectivity index (χ0) is 25.1. The molecule has 0 aromatic heterocycles. The number of nitrogens with zero attached hydrogens (tertiary/aromatic N) is 4. The molecule has 1 N–H and O–H groups in total. The first-order chi connectivity index (χ1) is 16.7. The summed E-state index contributed by atoms with van der Waals surface area (Å²) in [5.74, 6) is -0.414. The van der Waals surface area contributed by atoms with Crippen LogP contribution in [0.1, 0.15) is 31.4 Å². The van der Waals surface area contributed by atoms with E-state index in [4.69, 9.17) is 0 Å². The van der Waals surface area contributed by atoms with Gasteiger partial charge in [-0.05, 0) is 35.6 Å². The Kier molecular flexibility index (Phi) is 7.35.